The van der Waals surface area contributed by atoms with Gasteiger partial charge in [-0.1, -0.05) is 18.2 Å². The Bertz CT molecular complexity index is 687. The highest BCUT2D eigenvalue weighted by Crippen LogP contribution is 2.73. The van der Waals surface area contributed by atoms with Gasteiger partial charge in [0.25, 0.3) is 0 Å². The van der Waals surface area contributed by atoms with Crippen molar-refractivity contribution in [1.82, 2.24) is 0 Å². The van der Waals surface area contributed by atoms with Gasteiger partial charge in [-0.3, -0.25) is 9.59 Å². The summed E-state index contributed by atoms with van der Waals surface area (Å²) >= 11 is 2.21. The topological polar surface area (TPSA) is 37.4 Å². The van der Waals surface area contributed by atoms with E-state index in [1.807, 2.05) is 24.3 Å². The summed E-state index contributed by atoms with van der Waals surface area (Å²) in [6, 6.07) is 7.65. The summed E-state index contributed by atoms with van der Waals surface area (Å²) in [5, 5.41) is 0. The van der Waals surface area contributed by atoms with Crippen molar-refractivity contribution in [1.29, 1.82) is 0 Å². The SMILES string of the molecule is O=C1C2C(C(=O)N1c1cccc(I)c1)C1C=CC2C12CC2. The van der Waals surface area contributed by atoms with Crippen LogP contribution >= 0.6 is 22.6 Å². The molecule has 106 valence electrons. The molecule has 2 amide bonds. The van der Waals surface area contributed by atoms with Gasteiger partial charge in [0.15, 0.2) is 0 Å². The molecule has 1 aliphatic heterocycles. The molecule has 5 rings (SSSR count). The second-order valence-electron chi connectivity index (χ2n) is 6.71. The first-order chi connectivity index (χ1) is 10.1. The molecule has 3 aliphatic carbocycles. The lowest BCUT2D eigenvalue weighted by atomic mass is 9.85. The molecule has 4 aliphatic rings. The Kier molecular flexibility index (Phi) is 2.22. The van der Waals surface area contributed by atoms with E-state index < -0.39 is 0 Å². The van der Waals surface area contributed by atoms with E-state index in [9.17, 15) is 9.59 Å². The Morgan fingerprint density at radius 2 is 1.67 bits per heavy atom. The molecule has 1 aromatic carbocycles. The average Bonchev–Trinajstić information content (AvgIpc) is 3.05. The maximum atomic E-state index is 12.9. The predicted molar refractivity (Wildman–Crippen MR) is 86.4 cm³/mol. The van der Waals surface area contributed by atoms with Gasteiger partial charge in [0.2, 0.25) is 11.8 Å². The van der Waals surface area contributed by atoms with Gasteiger partial charge in [-0.05, 0) is 70.9 Å². The molecule has 2 bridgehead atoms. The van der Waals surface area contributed by atoms with Crippen LogP contribution in [0.4, 0.5) is 5.69 Å². The number of carbonyl (C=O) groups is 2. The molecule has 1 spiro atoms. The van der Waals surface area contributed by atoms with E-state index in [2.05, 4.69) is 34.7 Å². The van der Waals surface area contributed by atoms with Crippen LogP contribution < -0.4 is 4.90 Å². The fraction of sp³-hybridized carbons (Fsp3) is 0.412. The highest BCUT2D eigenvalue weighted by atomic mass is 127. The fourth-order valence-corrected chi connectivity index (χ4v) is 5.47. The van der Waals surface area contributed by atoms with Crippen molar-refractivity contribution in [2.45, 2.75) is 12.8 Å². The van der Waals surface area contributed by atoms with Gasteiger partial charge >= 0.3 is 0 Å². The van der Waals surface area contributed by atoms with Crippen molar-refractivity contribution >= 4 is 40.1 Å². The van der Waals surface area contributed by atoms with Gasteiger partial charge < -0.3 is 0 Å². The molecule has 21 heavy (non-hydrogen) atoms. The lowest BCUT2D eigenvalue weighted by molar-refractivity contribution is -0.123. The smallest absolute Gasteiger partial charge is 0.238 e. The number of hydrogen-bond acceptors (Lipinski definition) is 2. The van der Waals surface area contributed by atoms with Gasteiger partial charge in [0.05, 0.1) is 17.5 Å². The van der Waals surface area contributed by atoms with Crippen molar-refractivity contribution in [3.05, 3.63) is 40.0 Å². The quantitative estimate of drug-likeness (QED) is 0.420. The molecule has 1 aromatic rings. The third kappa shape index (κ3) is 1.35. The van der Waals surface area contributed by atoms with Crippen LogP contribution in [0.25, 0.3) is 0 Å². The Balaban J connectivity index is 1.59. The van der Waals surface area contributed by atoms with Crippen molar-refractivity contribution in [2.75, 3.05) is 4.90 Å². The minimum absolute atomic E-state index is 0.0233. The minimum Gasteiger partial charge on any atom is -0.274 e. The maximum Gasteiger partial charge on any atom is 0.238 e. The number of fused-ring (bicyclic) bond motifs is 3. The number of halogens is 1. The zero-order valence-electron chi connectivity index (χ0n) is 11.3. The molecule has 0 radical (unpaired) electrons. The monoisotopic (exact) mass is 391 g/mol. The zero-order chi connectivity index (χ0) is 14.4. The minimum atomic E-state index is -0.104. The van der Waals surface area contributed by atoms with E-state index in [0.717, 1.165) is 9.26 Å². The van der Waals surface area contributed by atoms with Crippen molar-refractivity contribution < 1.29 is 9.59 Å². The van der Waals surface area contributed by atoms with E-state index in [4.69, 9.17) is 0 Å². The standard InChI is InChI=1S/C17H14INO2/c18-9-2-1-3-10(8-9)19-15(20)13-11-4-5-12(14(13)16(19)21)17(11)6-7-17/h1-5,8,11-14H,6-7H2. The summed E-state index contributed by atoms with van der Waals surface area (Å²) in [6.07, 6.45) is 6.79. The lowest BCUT2D eigenvalue weighted by Gasteiger charge is -2.21. The molecular weight excluding hydrogens is 377 g/mol. The van der Waals surface area contributed by atoms with Crippen LogP contribution in [-0.4, -0.2) is 11.8 Å². The molecule has 4 unspecified atom stereocenters. The van der Waals surface area contributed by atoms with Crippen LogP contribution in [0.5, 0.6) is 0 Å². The number of allylic oxidation sites excluding steroid dienone is 2. The van der Waals surface area contributed by atoms with Crippen molar-refractivity contribution in [3.63, 3.8) is 0 Å². The predicted octanol–water partition coefficient (Wildman–Crippen LogP) is 2.99. The van der Waals surface area contributed by atoms with E-state index in [0.29, 0.717) is 11.8 Å². The molecule has 1 heterocycles. The number of rotatable bonds is 1. The fourth-order valence-electron chi connectivity index (χ4n) is 4.95. The third-order valence-electron chi connectivity index (χ3n) is 5.92. The second-order valence-corrected chi connectivity index (χ2v) is 7.96. The Morgan fingerprint density at radius 3 is 2.19 bits per heavy atom. The molecule has 3 fully saturated rings. The second kappa shape index (κ2) is 3.77. The summed E-state index contributed by atoms with van der Waals surface area (Å²) in [7, 11) is 0. The van der Waals surface area contributed by atoms with Crippen LogP contribution in [0.1, 0.15) is 12.8 Å². The van der Waals surface area contributed by atoms with E-state index in [1.165, 1.54) is 17.7 Å². The molecule has 4 atom stereocenters. The maximum absolute atomic E-state index is 12.9. The van der Waals surface area contributed by atoms with Crippen LogP contribution in [-0.2, 0) is 9.59 Å². The first-order valence-corrected chi connectivity index (χ1v) is 8.53. The largest absolute Gasteiger partial charge is 0.274 e. The molecule has 3 nitrogen and oxygen atoms in total. The van der Waals surface area contributed by atoms with Gasteiger partial charge in [0.1, 0.15) is 0 Å². The number of hydrogen-bond donors (Lipinski definition) is 0. The van der Waals surface area contributed by atoms with Gasteiger partial charge in [-0.25, -0.2) is 4.90 Å². The van der Waals surface area contributed by atoms with E-state index in [1.54, 1.807) is 0 Å². The summed E-state index contributed by atoms with van der Waals surface area (Å²) in [5.41, 5.74) is 1.01. The number of benzene rings is 1. The van der Waals surface area contributed by atoms with Crippen LogP contribution in [0.3, 0.4) is 0 Å². The molecule has 0 aromatic heterocycles. The van der Waals surface area contributed by atoms with Crippen molar-refractivity contribution in [2.24, 2.45) is 29.1 Å². The summed E-state index contributed by atoms with van der Waals surface area (Å²) in [4.78, 5) is 27.2. The zero-order valence-corrected chi connectivity index (χ0v) is 13.5. The van der Waals surface area contributed by atoms with Gasteiger partial charge in [-0.15, -0.1) is 0 Å². The van der Waals surface area contributed by atoms with Crippen molar-refractivity contribution in [3.8, 4) is 0 Å². The first kappa shape index (κ1) is 12.4. The van der Waals surface area contributed by atoms with Gasteiger partial charge in [-0.2, -0.15) is 0 Å². The molecule has 4 heteroatoms. The number of amides is 2. The number of nitrogens with zero attached hydrogens (tertiary/aromatic N) is 1. The Labute approximate surface area is 136 Å². The average molecular weight is 391 g/mol. The number of carbonyl (C=O) groups excluding carboxylic acids is 2. The number of imide groups is 1. The van der Waals surface area contributed by atoms with E-state index in [-0.39, 0.29) is 29.1 Å². The van der Waals surface area contributed by atoms with Crippen LogP contribution in [0.15, 0.2) is 36.4 Å². The third-order valence-corrected chi connectivity index (χ3v) is 6.59. The summed E-state index contributed by atoms with van der Waals surface area (Å²) < 4.78 is 1.04. The summed E-state index contributed by atoms with van der Waals surface area (Å²) in [6.45, 7) is 0. The van der Waals surface area contributed by atoms with Gasteiger partial charge in [0, 0.05) is 3.57 Å². The summed E-state index contributed by atoms with van der Waals surface area (Å²) in [5.74, 6) is 0.444. The normalized spacial score (nSPS) is 37.7. The van der Waals surface area contributed by atoms with Crippen LogP contribution in [0, 0.1) is 32.7 Å². The first-order valence-electron chi connectivity index (χ1n) is 7.45. The highest BCUT2D eigenvalue weighted by Gasteiger charge is 2.73. The lowest BCUT2D eigenvalue weighted by Crippen LogP contribution is -2.34. The number of anilines is 1. The van der Waals surface area contributed by atoms with Crippen LogP contribution in [0.2, 0.25) is 0 Å². The molecule has 1 saturated heterocycles. The Morgan fingerprint density at radius 1 is 1.05 bits per heavy atom. The molecule has 2 saturated carbocycles. The molecular formula is C17H14INO2. The highest BCUT2D eigenvalue weighted by molar-refractivity contribution is 14.1. The molecule has 0 N–H and O–H groups in total. The van der Waals surface area contributed by atoms with E-state index >= 15 is 0 Å². The Hall–Kier alpha value is -1.17.